The Kier molecular flexibility index (Phi) is 6.08. The van der Waals surface area contributed by atoms with Crippen molar-refractivity contribution in [3.8, 4) is 11.5 Å². The molecule has 2 aromatic rings. The lowest BCUT2D eigenvalue weighted by atomic mass is 10.1. The molecule has 1 heterocycles. The Labute approximate surface area is 154 Å². The second-order valence-corrected chi connectivity index (χ2v) is 7.85. The lowest BCUT2D eigenvalue weighted by molar-refractivity contribution is 0.395. The van der Waals surface area contributed by atoms with Crippen molar-refractivity contribution in [1.82, 2.24) is 9.71 Å². The van der Waals surface area contributed by atoms with Gasteiger partial charge in [-0.2, -0.15) is 0 Å². The number of nitrogens with one attached hydrogen (secondary N) is 1. The molecule has 1 N–H and O–H groups in total. The molecule has 9 heteroatoms. The smallest absolute Gasteiger partial charge is 0.244 e. The van der Waals surface area contributed by atoms with Gasteiger partial charge in [0.15, 0.2) is 0 Å². The van der Waals surface area contributed by atoms with Crippen molar-refractivity contribution in [2.24, 2.45) is 0 Å². The van der Waals surface area contributed by atoms with Gasteiger partial charge in [0, 0.05) is 22.3 Å². The number of rotatable bonds is 6. The lowest BCUT2D eigenvalue weighted by Crippen LogP contribution is -2.27. The van der Waals surface area contributed by atoms with Crippen molar-refractivity contribution in [1.29, 1.82) is 0 Å². The van der Waals surface area contributed by atoms with Gasteiger partial charge in [-0.05, 0) is 47.1 Å². The highest BCUT2D eigenvalue weighted by Gasteiger charge is 2.24. The Morgan fingerprint density at radius 3 is 2.58 bits per heavy atom. The minimum atomic E-state index is -3.88. The summed E-state index contributed by atoms with van der Waals surface area (Å²) in [6.07, 6.45) is 1.43. The number of pyridine rings is 1. The van der Waals surface area contributed by atoms with Crippen molar-refractivity contribution < 1.29 is 17.9 Å². The van der Waals surface area contributed by atoms with Crippen LogP contribution in [0.3, 0.4) is 0 Å². The predicted molar refractivity (Wildman–Crippen MR) is 95.2 cm³/mol. The van der Waals surface area contributed by atoms with Crippen molar-refractivity contribution in [3.63, 3.8) is 0 Å². The van der Waals surface area contributed by atoms with E-state index in [9.17, 15) is 8.42 Å². The van der Waals surface area contributed by atoms with Crippen LogP contribution in [0.5, 0.6) is 11.5 Å². The van der Waals surface area contributed by atoms with E-state index in [0.717, 1.165) is 0 Å². The van der Waals surface area contributed by atoms with E-state index in [1.54, 1.807) is 25.1 Å². The number of aromatic nitrogens is 1. The van der Waals surface area contributed by atoms with Crippen LogP contribution in [0.15, 0.2) is 39.8 Å². The van der Waals surface area contributed by atoms with Gasteiger partial charge in [0.1, 0.15) is 21.5 Å². The van der Waals surface area contributed by atoms with E-state index in [1.807, 2.05) is 0 Å². The molecule has 0 aliphatic rings. The Bertz CT molecular complexity index is 845. The lowest BCUT2D eigenvalue weighted by Gasteiger charge is -2.18. The summed E-state index contributed by atoms with van der Waals surface area (Å²) in [6, 6.07) is 5.99. The van der Waals surface area contributed by atoms with Gasteiger partial charge in [-0.15, -0.1) is 0 Å². The van der Waals surface area contributed by atoms with Crippen LogP contribution in [0.1, 0.15) is 18.5 Å². The van der Waals surface area contributed by atoms with Crippen LogP contribution in [-0.2, 0) is 10.0 Å². The fraction of sp³-hybridized carbons (Fsp3) is 0.267. The molecule has 0 aliphatic carbocycles. The quantitative estimate of drug-likeness (QED) is 0.702. The number of halogens is 2. The largest absolute Gasteiger partial charge is 0.497 e. The summed E-state index contributed by atoms with van der Waals surface area (Å²) >= 11 is 9.11. The molecule has 0 saturated carbocycles. The maximum atomic E-state index is 12.6. The summed E-state index contributed by atoms with van der Waals surface area (Å²) < 4.78 is 38.8. The second kappa shape index (κ2) is 7.69. The molecule has 130 valence electrons. The monoisotopic (exact) mass is 434 g/mol. The van der Waals surface area contributed by atoms with Gasteiger partial charge in [0.2, 0.25) is 10.0 Å². The van der Waals surface area contributed by atoms with Crippen LogP contribution in [0.2, 0.25) is 5.15 Å². The molecule has 1 aromatic carbocycles. The number of hydrogen-bond acceptors (Lipinski definition) is 5. The number of methoxy groups -OCH3 is 2. The Hall–Kier alpha value is -1.35. The summed E-state index contributed by atoms with van der Waals surface area (Å²) in [6.45, 7) is 1.70. The van der Waals surface area contributed by atoms with Gasteiger partial charge in [0.05, 0.1) is 14.2 Å². The van der Waals surface area contributed by atoms with Crippen LogP contribution in [0.25, 0.3) is 0 Å². The number of hydrogen-bond donors (Lipinski definition) is 1. The molecule has 1 atom stereocenters. The molecule has 0 spiro atoms. The van der Waals surface area contributed by atoms with Crippen molar-refractivity contribution >= 4 is 37.6 Å². The number of sulfonamides is 1. The topological polar surface area (TPSA) is 77.5 Å². The number of benzene rings is 1. The standard InChI is InChI=1S/C15H16BrClN2O4S/c1-9(12-7-11(22-2)4-5-13(12)23-3)19-24(20,21)14-6-10(16)8-18-15(14)17/h4-9,19H,1-3H3. The Morgan fingerprint density at radius 1 is 1.25 bits per heavy atom. The first-order valence-corrected chi connectivity index (χ1v) is 9.49. The third-order valence-electron chi connectivity index (χ3n) is 3.30. The van der Waals surface area contributed by atoms with E-state index in [1.165, 1.54) is 26.5 Å². The second-order valence-electron chi connectivity index (χ2n) is 4.89. The highest BCUT2D eigenvalue weighted by atomic mass is 79.9. The van der Waals surface area contributed by atoms with Gasteiger partial charge < -0.3 is 9.47 Å². The number of nitrogens with zero attached hydrogens (tertiary/aromatic N) is 1. The van der Waals surface area contributed by atoms with E-state index in [0.29, 0.717) is 21.5 Å². The maximum absolute atomic E-state index is 12.6. The zero-order chi connectivity index (χ0) is 17.9. The summed E-state index contributed by atoms with van der Waals surface area (Å²) in [5, 5.41) is -0.101. The molecule has 0 amide bonds. The SMILES string of the molecule is COc1ccc(OC)c(C(C)NS(=O)(=O)c2cc(Br)cnc2Cl)c1. The molecule has 2 rings (SSSR count). The minimum absolute atomic E-state index is 0.101. The zero-order valence-electron chi connectivity index (χ0n) is 13.2. The molecule has 1 unspecified atom stereocenters. The summed E-state index contributed by atoms with van der Waals surface area (Å²) in [4.78, 5) is 3.74. The number of ether oxygens (including phenoxy) is 2. The molecule has 0 radical (unpaired) electrons. The van der Waals surface area contributed by atoms with Gasteiger partial charge in [-0.1, -0.05) is 11.6 Å². The summed E-state index contributed by atoms with van der Waals surface area (Å²) in [5.41, 5.74) is 0.638. The first-order chi connectivity index (χ1) is 11.3. The van der Waals surface area contributed by atoms with E-state index >= 15 is 0 Å². The Morgan fingerprint density at radius 2 is 1.96 bits per heavy atom. The zero-order valence-corrected chi connectivity index (χ0v) is 16.4. The fourth-order valence-corrected chi connectivity index (χ4v) is 4.30. The highest BCUT2D eigenvalue weighted by Crippen LogP contribution is 2.31. The van der Waals surface area contributed by atoms with Gasteiger partial charge in [-0.25, -0.2) is 18.1 Å². The maximum Gasteiger partial charge on any atom is 0.244 e. The third kappa shape index (κ3) is 4.18. The molecular weight excluding hydrogens is 420 g/mol. The van der Waals surface area contributed by atoms with E-state index in [2.05, 4.69) is 25.6 Å². The van der Waals surface area contributed by atoms with Gasteiger partial charge in [0.25, 0.3) is 0 Å². The summed E-state index contributed by atoms with van der Waals surface area (Å²) in [5.74, 6) is 1.14. The molecule has 6 nitrogen and oxygen atoms in total. The van der Waals surface area contributed by atoms with Gasteiger partial charge >= 0.3 is 0 Å². The molecule has 24 heavy (non-hydrogen) atoms. The molecule has 0 saturated heterocycles. The molecule has 1 aromatic heterocycles. The van der Waals surface area contributed by atoms with Gasteiger partial charge in [-0.3, -0.25) is 0 Å². The highest BCUT2D eigenvalue weighted by molar-refractivity contribution is 9.10. The summed E-state index contributed by atoms with van der Waals surface area (Å²) in [7, 11) is -0.826. The first-order valence-electron chi connectivity index (χ1n) is 6.83. The average molecular weight is 436 g/mol. The predicted octanol–water partition coefficient (Wildman–Crippen LogP) is 3.55. The fourth-order valence-electron chi connectivity index (χ4n) is 2.13. The van der Waals surface area contributed by atoms with Crippen molar-refractivity contribution in [3.05, 3.63) is 45.7 Å². The van der Waals surface area contributed by atoms with Crippen molar-refractivity contribution in [2.45, 2.75) is 17.9 Å². The molecule has 0 aliphatic heterocycles. The van der Waals surface area contributed by atoms with Crippen molar-refractivity contribution in [2.75, 3.05) is 14.2 Å². The van der Waals surface area contributed by atoms with E-state index < -0.39 is 16.1 Å². The normalized spacial score (nSPS) is 12.7. The van der Waals surface area contributed by atoms with Crippen LogP contribution in [0, 0.1) is 0 Å². The molecule has 0 fully saturated rings. The van der Waals surface area contributed by atoms with Crippen LogP contribution < -0.4 is 14.2 Å². The van der Waals surface area contributed by atoms with E-state index in [4.69, 9.17) is 21.1 Å². The first kappa shape index (κ1) is 19.0. The Balaban J connectivity index is 2.38. The minimum Gasteiger partial charge on any atom is -0.497 e. The molecule has 0 bridgehead atoms. The van der Waals surface area contributed by atoms with E-state index in [-0.39, 0.29) is 10.0 Å². The van der Waals surface area contributed by atoms with Crippen LogP contribution in [-0.4, -0.2) is 27.6 Å². The van der Waals surface area contributed by atoms with Crippen LogP contribution in [0.4, 0.5) is 0 Å². The van der Waals surface area contributed by atoms with Crippen LogP contribution >= 0.6 is 27.5 Å². The average Bonchev–Trinajstić information content (AvgIpc) is 2.55. The molecular formula is C15H16BrClN2O4S. The third-order valence-corrected chi connectivity index (χ3v) is 5.70.